The zero-order valence-electron chi connectivity index (χ0n) is 16.4. The van der Waals surface area contributed by atoms with Crippen LogP contribution < -0.4 is 4.74 Å². The number of rotatable bonds is 8. The van der Waals surface area contributed by atoms with Gasteiger partial charge in [0.25, 0.3) is 0 Å². The number of carbonyl (C=O) groups is 1. The summed E-state index contributed by atoms with van der Waals surface area (Å²) in [6.07, 6.45) is 0.522. The van der Waals surface area contributed by atoms with Crippen LogP contribution in [0.1, 0.15) is 29.0 Å². The molecule has 0 fully saturated rings. The molecule has 0 amide bonds. The van der Waals surface area contributed by atoms with Crippen molar-refractivity contribution in [3.05, 3.63) is 65.0 Å². The summed E-state index contributed by atoms with van der Waals surface area (Å²) in [5.74, 6) is 1.39. The molecule has 3 aromatic rings. The third-order valence-corrected chi connectivity index (χ3v) is 4.31. The number of hydrogen-bond donors (Lipinski definition) is 0. The van der Waals surface area contributed by atoms with Crippen molar-refractivity contribution >= 4 is 5.97 Å². The Hall–Kier alpha value is -3.15. The number of ether oxygens (including phenoxy) is 2. The normalized spacial score (nSPS) is 10.7. The molecule has 0 saturated carbocycles. The zero-order chi connectivity index (χ0) is 19.9. The highest BCUT2D eigenvalue weighted by Crippen LogP contribution is 2.22. The molecule has 0 spiro atoms. The molecular formula is C22H24N2O4. The lowest BCUT2D eigenvalue weighted by molar-refractivity contribution is -0.144. The van der Waals surface area contributed by atoms with Crippen LogP contribution in [0.15, 0.2) is 46.9 Å². The number of hydrogen-bond acceptors (Lipinski definition) is 6. The van der Waals surface area contributed by atoms with Gasteiger partial charge >= 0.3 is 5.97 Å². The number of carbonyl (C=O) groups excluding carboxylic acids is 1. The van der Waals surface area contributed by atoms with Crippen molar-refractivity contribution in [2.24, 2.45) is 0 Å². The first-order chi connectivity index (χ1) is 13.5. The van der Waals surface area contributed by atoms with E-state index in [9.17, 15) is 4.79 Å². The lowest BCUT2D eigenvalue weighted by Gasteiger charge is -2.11. The average Bonchev–Trinajstić information content (AvgIpc) is 3.15. The van der Waals surface area contributed by atoms with E-state index in [1.54, 1.807) is 0 Å². The maximum absolute atomic E-state index is 11.9. The van der Waals surface area contributed by atoms with Crippen LogP contribution in [0.4, 0.5) is 0 Å². The lowest BCUT2D eigenvalue weighted by atomic mass is 10.1. The third-order valence-electron chi connectivity index (χ3n) is 4.31. The van der Waals surface area contributed by atoms with Gasteiger partial charge < -0.3 is 13.9 Å². The van der Waals surface area contributed by atoms with Crippen molar-refractivity contribution < 1.29 is 18.7 Å². The van der Waals surface area contributed by atoms with E-state index >= 15 is 0 Å². The predicted octanol–water partition coefficient (Wildman–Crippen LogP) is 4.22. The van der Waals surface area contributed by atoms with Gasteiger partial charge in [-0.2, -0.15) is 0 Å². The van der Waals surface area contributed by atoms with Crippen molar-refractivity contribution in [3.63, 3.8) is 0 Å². The first kappa shape index (κ1) is 19.6. The molecule has 2 aromatic carbocycles. The Bertz CT molecular complexity index is 912. The van der Waals surface area contributed by atoms with Crippen LogP contribution in [0.25, 0.3) is 11.5 Å². The third kappa shape index (κ3) is 5.19. The van der Waals surface area contributed by atoms with Crippen LogP contribution in [0.3, 0.4) is 0 Å². The number of para-hydroxylation sites is 1. The fourth-order valence-electron chi connectivity index (χ4n) is 2.77. The van der Waals surface area contributed by atoms with E-state index in [0.717, 1.165) is 28.0 Å². The molecule has 0 radical (unpaired) electrons. The Morgan fingerprint density at radius 2 is 1.68 bits per heavy atom. The Balaban J connectivity index is 1.40. The fourth-order valence-corrected chi connectivity index (χ4v) is 2.77. The Kier molecular flexibility index (Phi) is 6.42. The SMILES string of the molecule is Cc1ccc(-c2nnc(CCC(=O)OCCOc3c(C)cccc3C)o2)cc1. The first-order valence-electron chi connectivity index (χ1n) is 9.27. The van der Waals surface area contributed by atoms with Gasteiger partial charge in [-0.25, -0.2) is 0 Å². The lowest BCUT2D eigenvalue weighted by Crippen LogP contribution is -2.13. The number of esters is 1. The Labute approximate surface area is 164 Å². The maximum atomic E-state index is 11.9. The van der Waals surface area contributed by atoms with E-state index in [4.69, 9.17) is 13.9 Å². The zero-order valence-corrected chi connectivity index (χ0v) is 16.4. The van der Waals surface area contributed by atoms with Crippen LogP contribution in [-0.2, 0) is 16.0 Å². The maximum Gasteiger partial charge on any atom is 0.306 e. The smallest absolute Gasteiger partial charge is 0.306 e. The summed E-state index contributed by atoms with van der Waals surface area (Å²) in [5.41, 5.74) is 4.14. The van der Waals surface area contributed by atoms with E-state index in [1.807, 2.05) is 63.2 Å². The molecule has 0 saturated heterocycles. The second kappa shape index (κ2) is 9.17. The number of aromatic nitrogens is 2. The molecule has 146 valence electrons. The highest BCUT2D eigenvalue weighted by molar-refractivity contribution is 5.69. The molecule has 28 heavy (non-hydrogen) atoms. The molecular weight excluding hydrogens is 356 g/mol. The Morgan fingerprint density at radius 1 is 0.964 bits per heavy atom. The monoisotopic (exact) mass is 380 g/mol. The van der Waals surface area contributed by atoms with E-state index in [2.05, 4.69) is 10.2 Å². The quantitative estimate of drug-likeness (QED) is 0.430. The van der Waals surface area contributed by atoms with Crippen LogP contribution in [-0.4, -0.2) is 29.4 Å². The molecule has 0 aliphatic heterocycles. The van der Waals surface area contributed by atoms with Gasteiger partial charge in [-0.3, -0.25) is 4.79 Å². The summed E-state index contributed by atoms with van der Waals surface area (Å²) < 4.78 is 16.6. The average molecular weight is 380 g/mol. The first-order valence-corrected chi connectivity index (χ1v) is 9.27. The summed E-state index contributed by atoms with van der Waals surface area (Å²) in [4.78, 5) is 11.9. The molecule has 0 unspecified atom stereocenters. The van der Waals surface area contributed by atoms with Crippen LogP contribution in [0, 0.1) is 20.8 Å². The second-order valence-corrected chi connectivity index (χ2v) is 6.66. The Morgan fingerprint density at radius 3 is 2.39 bits per heavy atom. The number of nitrogens with zero attached hydrogens (tertiary/aromatic N) is 2. The van der Waals surface area contributed by atoms with Crippen molar-refractivity contribution in [2.75, 3.05) is 13.2 Å². The number of aryl methyl sites for hydroxylation is 4. The van der Waals surface area contributed by atoms with Gasteiger partial charge in [-0.1, -0.05) is 35.9 Å². The molecule has 6 heteroatoms. The van der Waals surface area contributed by atoms with Crippen LogP contribution in [0.5, 0.6) is 5.75 Å². The largest absolute Gasteiger partial charge is 0.489 e. The highest BCUT2D eigenvalue weighted by atomic mass is 16.6. The van der Waals surface area contributed by atoms with Crippen molar-refractivity contribution in [1.82, 2.24) is 10.2 Å². The topological polar surface area (TPSA) is 74.5 Å². The molecule has 0 N–H and O–H groups in total. The van der Waals surface area contributed by atoms with Gasteiger partial charge in [0.1, 0.15) is 19.0 Å². The van der Waals surface area contributed by atoms with E-state index < -0.39 is 0 Å². The molecule has 0 aliphatic rings. The molecule has 6 nitrogen and oxygen atoms in total. The predicted molar refractivity (Wildman–Crippen MR) is 105 cm³/mol. The van der Waals surface area contributed by atoms with Gasteiger partial charge in [0.15, 0.2) is 0 Å². The molecule has 3 rings (SSSR count). The standard InChI is InChI=1S/C22H24N2O4/c1-15-7-9-18(10-8-15)22-24-23-19(28-22)11-12-20(25)26-13-14-27-21-16(2)5-4-6-17(21)3/h4-10H,11-14H2,1-3H3. The van der Waals surface area contributed by atoms with Crippen molar-refractivity contribution in [3.8, 4) is 17.2 Å². The minimum Gasteiger partial charge on any atom is -0.489 e. The summed E-state index contributed by atoms with van der Waals surface area (Å²) >= 11 is 0. The van der Waals surface area contributed by atoms with Gasteiger partial charge in [-0.15, -0.1) is 10.2 Å². The highest BCUT2D eigenvalue weighted by Gasteiger charge is 2.11. The van der Waals surface area contributed by atoms with E-state index in [0.29, 0.717) is 24.8 Å². The van der Waals surface area contributed by atoms with Gasteiger partial charge in [0.05, 0.1) is 6.42 Å². The van der Waals surface area contributed by atoms with Crippen molar-refractivity contribution in [1.29, 1.82) is 0 Å². The van der Waals surface area contributed by atoms with Gasteiger partial charge in [-0.05, 0) is 44.0 Å². The van der Waals surface area contributed by atoms with E-state index in [1.165, 1.54) is 0 Å². The van der Waals surface area contributed by atoms with Gasteiger partial charge in [0.2, 0.25) is 11.8 Å². The summed E-state index contributed by atoms with van der Waals surface area (Å²) in [6.45, 7) is 6.51. The fraction of sp³-hybridized carbons (Fsp3) is 0.318. The minimum absolute atomic E-state index is 0.179. The molecule has 0 bridgehead atoms. The second-order valence-electron chi connectivity index (χ2n) is 6.66. The van der Waals surface area contributed by atoms with Crippen molar-refractivity contribution in [2.45, 2.75) is 33.6 Å². The molecule has 0 atom stereocenters. The van der Waals surface area contributed by atoms with E-state index in [-0.39, 0.29) is 19.0 Å². The molecule has 1 aromatic heterocycles. The van der Waals surface area contributed by atoms with Gasteiger partial charge in [0, 0.05) is 12.0 Å². The summed E-state index contributed by atoms with van der Waals surface area (Å²) in [6, 6.07) is 13.8. The summed E-state index contributed by atoms with van der Waals surface area (Å²) in [5, 5.41) is 8.02. The minimum atomic E-state index is -0.319. The van der Waals surface area contributed by atoms with Crippen LogP contribution >= 0.6 is 0 Å². The molecule has 1 heterocycles. The summed E-state index contributed by atoms with van der Waals surface area (Å²) in [7, 11) is 0. The van der Waals surface area contributed by atoms with Crippen LogP contribution in [0.2, 0.25) is 0 Å². The molecule has 0 aliphatic carbocycles. The number of benzene rings is 2.